The van der Waals surface area contributed by atoms with Gasteiger partial charge in [0, 0.05) is 16.3 Å². The van der Waals surface area contributed by atoms with Crippen LogP contribution < -0.4 is 10.1 Å². The molecule has 3 aromatic rings. The molecule has 1 amide bonds. The standard InChI is InChI=1S/C20H20ClN3O3S/c1-26-16-8-4-14(5-9-16)13-19-23-24-20(27-19)22-18(25)3-2-12-28-17-10-6-15(21)7-11-17/h4-11H,2-3,12-13H2,1H3,(H,22,24,25). The lowest BCUT2D eigenvalue weighted by atomic mass is 10.1. The molecule has 0 saturated heterocycles. The third-order valence-electron chi connectivity index (χ3n) is 3.86. The Morgan fingerprint density at radius 1 is 1.14 bits per heavy atom. The van der Waals surface area contributed by atoms with Crippen LogP contribution in [0.25, 0.3) is 0 Å². The summed E-state index contributed by atoms with van der Waals surface area (Å²) in [6, 6.07) is 15.4. The van der Waals surface area contributed by atoms with E-state index in [4.69, 9.17) is 20.8 Å². The second kappa shape index (κ2) is 10.1. The van der Waals surface area contributed by atoms with Crippen LogP contribution in [-0.4, -0.2) is 29.0 Å². The van der Waals surface area contributed by atoms with Crippen LogP contribution in [0.2, 0.25) is 5.02 Å². The molecular weight excluding hydrogens is 398 g/mol. The number of anilines is 1. The molecule has 0 aliphatic rings. The first-order chi connectivity index (χ1) is 13.6. The highest BCUT2D eigenvalue weighted by atomic mass is 35.5. The molecular formula is C20H20ClN3O3S. The predicted molar refractivity (Wildman–Crippen MR) is 110 cm³/mol. The maximum absolute atomic E-state index is 12.0. The number of amides is 1. The molecule has 146 valence electrons. The molecule has 8 heteroatoms. The summed E-state index contributed by atoms with van der Waals surface area (Å²) in [6.45, 7) is 0. The van der Waals surface area contributed by atoms with Crippen LogP contribution in [-0.2, 0) is 11.2 Å². The summed E-state index contributed by atoms with van der Waals surface area (Å²) in [4.78, 5) is 13.2. The van der Waals surface area contributed by atoms with Crippen molar-refractivity contribution in [2.45, 2.75) is 24.2 Å². The second-order valence-electron chi connectivity index (χ2n) is 5.98. The number of ether oxygens (including phenoxy) is 1. The largest absolute Gasteiger partial charge is 0.497 e. The Bertz CT molecular complexity index is 898. The lowest BCUT2D eigenvalue weighted by Gasteiger charge is -2.02. The van der Waals surface area contributed by atoms with Crippen LogP contribution in [0.3, 0.4) is 0 Å². The predicted octanol–water partition coefficient (Wildman–Crippen LogP) is 4.83. The summed E-state index contributed by atoms with van der Waals surface area (Å²) in [5.41, 5.74) is 1.02. The van der Waals surface area contributed by atoms with Crippen LogP contribution in [0.1, 0.15) is 24.3 Å². The zero-order chi connectivity index (χ0) is 19.8. The van der Waals surface area contributed by atoms with E-state index in [0.29, 0.717) is 18.7 Å². The summed E-state index contributed by atoms with van der Waals surface area (Å²) < 4.78 is 10.6. The van der Waals surface area contributed by atoms with Crippen molar-refractivity contribution in [3.8, 4) is 5.75 Å². The van der Waals surface area contributed by atoms with Crippen molar-refractivity contribution in [2.75, 3.05) is 18.2 Å². The van der Waals surface area contributed by atoms with Crippen molar-refractivity contribution < 1.29 is 13.9 Å². The fraction of sp³-hybridized carbons (Fsp3) is 0.250. The lowest BCUT2D eigenvalue weighted by molar-refractivity contribution is -0.116. The molecule has 0 aliphatic carbocycles. The highest BCUT2D eigenvalue weighted by molar-refractivity contribution is 7.99. The van der Waals surface area contributed by atoms with Gasteiger partial charge in [0.25, 0.3) is 0 Å². The number of carbonyl (C=O) groups excluding carboxylic acids is 1. The van der Waals surface area contributed by atoms with Crippen molar-refractivity contribution in [2.24, 2.45) is 0 Å². The molecule has 0 radical (unpaired) electrons. The fourth-order valence-electron chi connectivity index (χ4n) is 2.43. The number of carbonyl (C=O) groups is 1. The van der Waals surface area contributed by atoms with E-state index in [-0.39, 0.29) is 11.9 Å². The molecule has 0 aliphatic heterocycles. The van der Waals surface area contributed by atoms with Gasteiger partial charge in [0.05, 0.1) is 13.5 Å². The van der Waals surface area contributed by atoms with Gasteiger partial charge in [-0.3, -0.25) is 10.1 Å². The minimum atomic E-state index is -0.142. The number of benzene rings is 2. The molecule has 3 rings (SSSR count). The van der Waals surface area contributed by atoms with Crippen molar-refractivity contribution >= 4 is 35.3 Å². The molecule has 0 unspecified atom stereocenters. The second-order valence-corrected chi connectivity index (χ2v) is 7.58. The van der Waals surface area contributed by atoms with Crippen LogP contribution in [0.5, 0.6) is 5.75 Å². The number of methoxy groups -OCH3 is 1. The molecule has 0 atom stereocenters. The first-order valence-electron chi connectivity index (χ1n) is 8.76. The van der Waals surface area contributed by atoms with Gasteiger partial charge in [-0.15, -0.1) is 16.9 Å². The molecule has 28 heavy (non-hydrogen) atoms. The number of thioether (sulfide) groups is 1. The third-order valence-corrected chi connectivity index (χ3v) is 5.21. The average Bonchev–Trinajstić information content (AvgIpc) is 3.14. The van der Waals surface area contributed by atoms with Crippen molar-refractivity contribution in [1.29, 1.82) is 0 Å². The van der Waals surface area contributed by atoms with Crippen LogP contribution >= 0.6 is 23.4 Å². The number of hydrogen-bond donors (Lipinski definition) is 1. The van der Waals surface area contributed by atoms with E-state index in [9.17, 15) is 4.79 Å². The summed E-state index contributed by atoms with van der Waals surface area (Å²) in [6.07, 6.45) is 1.62. The molecule has 1 aromatic heterocycles. The minimum absolute atomic E-state index is 0.124. The van der Waals surface area contributed by atoms with Gasteiger partial charge in [-0.2, -0.15) is 0 Å². The number of nitrogens with zero attached hydrogens (tertiary/aromatic N) is 2. The zero-order valence-corrected chi connectivity index (χ0v) is 16.9. The highest BCUT2D eigenvalue weighted by Gasteiger charge is 2.10. The summed E-state index contributed by atoms with van der Waals surface area (Å²) in [5.74, 6) is 1.92. The highest BCUT2D eigenvalue weighted by Crippen LogP contribution is 2.21. The number of nitrogens with one attached hydrogen (secondary N) is 1. The maximum atomic E-state index is 12.0. The van der Waals surface area contributed by atoms with Crippen molar-refractivity contribution in [3.63, 3.8) is 0 Å². The third kappa shape index (κ3) is 6.28. The molecule has 0 spiro atoms. The maximum Gasteiger partial charge on any atom is 0.322 e. The first-order valence-corrected chi connectivity index (χ1v) is 10.1. The Kier molecular flexibility index (Phi) is 7.33. The minimum Gasteiger partial charge on any atom is -0.497 e. The Morgan fingerprint density at radius 3 is 2.61 bits per heavy atom. The van der Waals surface area contributed by atoms with Crippen molar-refractivity contribution in [1.82, 2.24) is 10.2 Å². The van der Waals surface area contributed by atoms with Gasteiger partial charge in [-0.25, -0.2) is 0 Å². The zero-order valence-electron chi connectivity index (χ0n) is 15.4. The molecule has 0 fully saturated rings. The molecule has 0 saturated carbocycles. The molecule has 1 heterocycles. The van der Waals surface area contributed by atoms with E-state index >= 15 is 0 Å². The smallest absolute Gasteiger partial charge is 0.322 e. The Balaban J connectivity index is 1.40. The quantitative estimate of drug-likeness (QED) is 0.396. The molecule has 0 bridgehead atoms. The first kappa shape index (κ1) is 20.2. The molecule has 2 aromatic carbocycles. The van der Waals surface area contributed by atoms with E-state index in [2.05, 4.69) is 15.5 Å². The Labute approximate surface area is 172 Å². The number of aromatic nitrogens is 2. The Hall–Kier alpha value is -2.51. The van der Waals surface area contributed by atoms with Crippen LogP contribution in [0, 0.1) is 0 Å². The summed E-state index contributed by atoms with van der Waals surface area (Å²) in [7, 11) is 1.62. The monoisotopic (exact) mass is 417 g/mol. The number of rotatable bonds is 9. The average molecular weight is 418 g/mol. The van der Waals surface area contributed by atoms with E-state index in [1.165, 1.54) is 0 Å². The van der Waals surface area contributed by atoms with Gasteiger partial charge in [0.15, 0.2) is 0 Å². The topological polar surface area (TPSA) is 77.3 Å². The number of halogens is 1. The van der Waals surface area contributed by atoms with E-state index in [1.54, 1.807) is 18.9 Å². The SMILES string of the molecule is COc1ccc(Cc2nnc(NC(=O)CCCSc3ccc(Cl)cc3)o2)cc1. The van der Waals surface area contributed by atoms with Crippen LogP contribution in [0.4, 0.5) is 6.01 Å². The fourth-order valence-corrected chi connectivity index (χ4v) is 3.41. The van der Waals surface area contributed by atoms with Gasteiger partial charge >= 0.3 is 6.01 Å². The normalized spacial score (nSPS) is 10.6. The lowest BCUT2D eigenvalue weighted by Crippen LogP contribution is -2.11. The molecule has 1 N–H and O–H groups in total. The van der Waals surface area contributed by atoms with E-state index in [1.807, 2.05) is 48.5 Å². The summed E-state index contributed by atoms with van der Waals surface area (Å²) in [5, 5.41) is 11.2. The van der Waals surface area contributed by atoms with Crippen LogP contribution in [0.15, 0.2) is 57.8 Å². The Morgan fingerprint density at radius 2 is 1.89 bits per heavy atom. The summed E-state index contributed by atoms with van der Waals surface area (Å²) >= 11 is 7.55. The van der Waals surface area contributed by atoms with Gasteiger partial charge < -0.3 is 9.15 Å². The van der Waals surface area contributed by atoms with Gasteiger partial charge in [0.2, 0.25) is 11.8 Å². The van der Waals surface area contributed by atoms with E-state index in [0.717, 1.165) is 33.4 Å². The van der Waals surface area contributed by atoms with Gasteiger partial charge in [0.1, 0.15) is 5.75 Å². The van der Waals surface area contributed by atoms with Gasteiger partial charge in [-0.05, 0) is 54.1 Å². The van der Waals surface area contributed by atoms with E-state index < -0.39 is 0 Å². The number of hydrogen-bond acceptors (Lipinski definition) is 6. The molecule has 6 nitrogen and oxygen atoms in total. The van der Waals surface area contributed by atoms with Gasteiger partial charge in [-0.1, -0.05) is 28.8 Å². The van der Waals surface area contributed by atoms with Crippen molar-refractivity contribution in [3.05, 3.63) is 65.0 Å².